The third kappa shape index (κ3) is 72.4. The van der Waals surface area contributed by atoms with Crippen LogP contribution in [0.25, 0.3) is 0 Å². The Bertz CT molecular complexity index is 1890. The fourth-order valence-electron chi connectivity index (χ4n) is 12.2. The zero-order valence-electron chi connectivity index (χ0n) is 64.1. The van der Waals surface area contributed by atoms with E-state index in [1.807, 2.05) is 0 Å². The molecule has 0 amide bonds. The lowest BCUT2D eigenvalue weighted by Gasteiger charge is -2.21. The van der Waals surface area contributed by atoms with Crippen LogP contribution in [0.1, 0.15) is 414 Å². The van der Waals surface area contributed by atoms with Crippen molar-refractivity contribution in [3.8, 4) is 0 Å². The number of hydrogen-bond acceptors (Lipinski definition) is 15. The number of phosphoric ester groups is 2. The van der Waals surface area contributed by atoms with Crippen molar-refractivity contribution < 1.29 is 80.2 Å². The third-order valence-electron chi connectivity index (χ3n) is 18.5. The second kappa shape index (κ2) is 70.7. The molecule has 5 atom stereocenters. The number of phosphoric acid groups is 2. The predicted molar refractivity (Wildman–Crippen MR) is 400 cm³/mol. The molecule has 0 aromatic rings. The molecule has 0 aromatic carbocycles. The monoisotopic (exact) mass is 1440 g/mol. The predicted octanol–water partition coefficient (Wildman–Crippen LogP) is 23.5. The van der Waals surface area contributed by atoms with E-state index in [9.17, 15) is 43.2 Å². The molecule has 0 aliphatic carbocycles. The highest BCUT2D eigenvalue weighted by Gasteiger charge is 2.30. The zero-order valence-corrected chi connectivity index (χ0v) is 65.9. The molecule has 0 bridgehead atoms. The molecular weight excluding hydrogens is 1280 g/mol. The minimum Gasteiger partial charge on any atom is -0.462 e. The van der Waals surface area contributed by atoms with Crippen LogP contribution in [0, 0.1) is 11.8 Å². The van der Waals surface area contributed by atoms with Gasteiger partial charge in [-0.1, -0.05) is 363 Å². The fourth-order valence-corrected chi connectivity index (χ4v) is 13.8. The largest absolute Gasteiger partial charge is 0.472 e. The minimum absolute atomic E-state index is 0.107. The molecule has 0 aliphatic heterocycles. The van der Waals surface area contributed by atoms with Crippen molar-refractivity contribution in [1.29, 1.82) is 0 Å². The van der Waals surface area contributed by atoms with Crippen molar-refractivity contribution in [2.75, 3.05) is 39.6 Å². The van der Waals surface area contributed by atoms with Crippen LogP contribution in [0.3, 0.4) is 0 Å². The van der Waals surface area contributed by atoms with Gasteiger partial charge in [0.05, 0.1) is 26.4 Å². The quantitative estimate of drug-likeness (QED) is 0.0222. The molecule has 17 nitrogen and oxygen atoms in total. The van der Waals surface area contributed by atoms with Crippen molar-refractivity contribution in [1.82, 2.24) is 0 Å². The number of unbranched alkanes of at least 4 members (excludes halogenated alkanes) is 48. The van der Waals surface area contributed by atoms with E-state index in [1.54, 1.807) is 0 Å². The molecule has 19 heteroatoms. The highest BCUT2D eigenvalue weighted by molar-refractivity contribution is 7.47. The van der Waals surface area contributed by atoms with Crippen molar-refractivity contribution in [2.45, 2.75) is 432 Å². The molecule has 2 unspecified atom stereocenters. The van der Waals surface area contributed by atoms with E-state index in [0.29, 0.717) is 25.7 Å². The summed E-state index contributed by atoms with van der Waals surface area (Å²) in [6.45, 7) is 9.64. The summed E-state index contributed by atoms with van der Waals surface area (Å²) < 4.78 is 68.7. The van der Waals surface area contributed by atoms with E-state index < -0.39 is 97.5 Å². The summed E-state index contributed by atoms with van der Waals surface area (Å²) in [5.74, 6) is -0.561. The van der Waals surface area contributed by atoms with Crippen molar-refractivity contribution in [2.24, 2.45) is 11.8 Å². The number of carbonyl (C=O) groups excluding carboxylic acids is 4. The van der Waals surface area contributed by atoms with E-state index in [1.165, 1.54) is 231 Å². The summed E-state index contributed by atoms with van der Waals surface area (Å²) in [5, 5.41) is 10.6. The van der Waals surface area contributed by atoms with Crippen LogP contribution in [-0.4, -0.2) is 96.7 Å². The zero-order chi connectivity index (χ0) is 72.1. The summed E-state index contributed by atoms with van der Waals surface area (Å²) in [5.41, 5.74) is 0. The van der Waals surface area contributed by atoms with Crippen molar-refractivity contribution in [3.63, 3.8) is 0 Å². The first-order valence-electron chi connectivity index (χ1n) is 41.0. The summed E-state index contributed by atoms with van der Waals surface area (Å²) in [7, 11) is -9.92. The van der Waals surface area contributed by atoms with Crippen LogP contribution < -0.4 is 0 Å². The molecule has 0 radical (unpaired) electrons. The molecule has 582 valence electrons. The third-order valence-corrected chi connectivity index (χ3v) is 20.4. The van der Waals surface area contributed by atoms with E-state index in [2.05, 4.69) is 41.5 Å². The van der Waals surface area contributed by atoms with Crippen LogP contribution in [-0.2, 0) is 65.4 Å². The van der Waals surface area contributed by atoms with Crippen LogP contribution in [0.4, 0.5) is 0 Å². The average molecular weight is 1440 g/mol. The Morgan fingerprint density at radius 3 is 0.694 bits per heavy atom. The first-order chi connectivity index (χ1) is 47.4. The Balaban J connectivity index is 5.26. The van der Waals surface area contributed by atoms with Gasteiger partial charge in [0.2, 0.25) is 0 Å². The van der Waals surface area contributed by atoms with Crippen LogP contribution in [0.15, 0.2) is 0 Å². The van der Waals surface area contributed by atoms with Crippen molar-refractivity contribution in [3.05, 3.63) is 0 Å². The molecule has 0 saturated heterocycles. The first kappa shape index (κ1) is 96.1. The summed E-state index contributed by atoms with van der Waals surface area (Å²) >= 11 is 0. The van der Waals surface area contributed by atoms with Crippen LogP contribution in [0.2, 0.25) is 0 Å². The van der Waals surface area contributed by atoms with Gasteiger partial charge >= 0.3 is 39.5 Å². The maximum Gasteiger partial charge on any atom is 0.472 e. The highest BCUT2D eigenvalue weighted by atomic mass is 31.2. The second-order valence-electron chi connectivity index (χ2n) is 29.4. The number of carbonyl (C=O) groups is 4. The second-order valence-corrected chi connectivity index (χ2v) is 32.3. The Hall–Kier alpha value is -1.94. The minimum atomic E-state index is -4.96. The Labute approximate surface area is 600 Å². The Kier molecular flexibility index (Phi) is 69.3. The van der Waals surface area contributed by atoms with Gasteiger partial charge in [0.25, 0.3) is 0 Å². The lowest BCUT2D eigenvalue weighted by Crippen LogP contribution is -2.30. The van der Waals surface area contributed by atoms with E-state index in [4.69, 9.17) is 37.0 Å². The molecule has 0 rings (SSSR count). The molecule has 0 aliphatic rings. The topological polar surface area (TPSA) is 237 Å². The van der Waals surface area contributed by atoms with Crippen LogP contribution >= 0.6 is 15.6 Å². The maximum absolute atomic E-state index is 13.1. The van der Waals surface area contributed by atoms with Gasteiger partial charge in [0.15, 0.2) is 12.2 Å². The number of ether oxygens (including phenoxy) is 4. The fraction of sp³-hybridized carbons (Fsp3) is 0.949. The van der Waals surface area contributed by atoms with Gasteiger partial charge in [0, 0.05) is 25.7 Å². The molecule has 0 fully saturated rings. The molecule has 0 saturated carbocycles. The molecule has 0 heterocycles. The number of esters is 4. The molecule has 0 spiro atoms. The molecule has 98 heavy (non-hydrogen) atoms. The van der Waals surface area contributed by atoms with Gasteiger partial charge < -0.3 is 33.8 Å². The van der Waals surface area contributed by atoms with Gasteiger partial charge in [0.1, 0.15) is 19.3 Å². The number of rotatable bonds is 78. The first-order valence-corrected chi connectivity index (χ1v) is 44.0. The number of aliphatic hydroxyl groups is 1. The smallest absolute Gasteiger partial charge is 0.462 e. The SMILES string of the molecule is CCCCCCCCCCCCCCCCCCCC(=O)O[C@H](COC(=O)CCCCCCCCCCCCCCC(C)C)COP(=O)(O)OC[C@@H](O)COP(=O)(O)OC[C@@H](COC(=O)CCCCCCCCCCCCCC)OC(=O)CCCCCCCCCCCCCC(C)C. The molecule has 3 N–H and O–H groups in total. The Morgan fingerprint density at radius 2 is 0.469 bits per heavy atom. The van der Waals surface area contributed by atoms with Crippen molar-refractivity contribution >= 4 is 39.5 Å². The van der Waals surface area contributed by atoms with E-state index in [0.717, 1.165) is 102 Å². The van der Waals surface area contributed by atoms with Gasteiger partial charge in [-0.15, -0.1) is 0 Å². The number of hydrogen-bond donors (Lipinski definition) is 3. The molecule has 0 aromatic heterocycles. The lowest BCUT2D eigenvalue weighted by atomic mass is 10.0. The molecular formula is C79H154O17P2. The maximum atomic E-state index is 13.1. The van der Waals surface area contributed by atoms with Gasteiger partial charge in [-0.3, -0.25) is 37.3 Å². The van der Waals surface area contributed by atoms with Gasteiger partial charge in [-0.25, -0.2) is 9.13 Å². The average Bonchev–Trinajstić information content (AvgIpc) is 1.13. The standard InChI is InChI=1S/C79H154O17P2/c1-7-9-11-13-15-17-19-21-22-23-24-25-33-39-45-51-57-63-78(83)95-74(68-90-77(82)62-56-50-44-38-32-27-26-29-35-41-47-53-59-71(3)4)69-93-97(85,86)91-65-73(80)66-92-98(87,88)94-70-75(67-89-76(81)61-55-49-43-37-31-20-18-16-14-12-10-8-2)96-79(84)64-58-52-46-40-34-28-30-36-42-48-54-60-72(5)6/h71-75,80H,7-70H2,1-6H3,(H,85,86)(H,87,88)/t73-,74-,75-/m1/s1. The van der Waals surface area contributed by atoms with E-state index in [-0.39, 0.29) is 25.7 Å². The lowest BCUT2D eigenvalue weighted by molar-refractivity contribution is -0.161. The number of aliphatic hydroxyl groups excluding tert-OH is 1. The Morgan fingerprint density at radius 1 is 0.276 bits per heavy atom. The van der Waals surface area contributed by atoms with Crippen LogP contribution in [0.5, 0.6) is 0 Å². The summed E-state index contributed by atoms with van der Waals surface area (Å²) in [6, 6.07) is 0. The van der Waals surface area contributed by atoms with Gasteiger partial charge in [-0.2, -0.15) is 0 Å². The summed E-state index contributed by atoms with van der Waals surface area (Å²) in [6.07, 6.45) is 59.5. The summed E-state index contributed by atoms with van der Waals surface area (Å²) in [4.78, 5) is 73.0. The normalized spacial score (nSPS) is 13.9. The highest BCUT2D eigenvalue weighted by Crippen LogP contribution is 2.45. The van der Waals surface area contributed by atoms with Gasteiger partial charge in [-0.05, 0) is 37.5 Å². The van der Waals surface area contributed by atoms with E-state index >= 15 is 0 Å².